The van der Waals surface area contributed by atoms with Gasteiger partial charge in [0.25, 0.3) is 5.69 Å². The Balaban J connectivity index is 2.06. The number of ether oxygens (including phenoxy) is 1. The van der Waals surface area contributed by atoms with Crippen LogP contribution in [0.5, 0.6) is 5.75 Å². The van der Waals surface area contributed by atoms with Crippen molar-refractivity contribution < 1.29 is 24.0 Å². The van der Waals surface area contributed by atoms with Crippen molar-refractivity contribution in [1.29, 1.82) is 0 Å². The van der Waals surface area contributed by atoms with Gasteiger partial charge in [0, 0.05) is 11.6 Å². The lowest BCUT2D eigenvalue weighted by molar-refractivity contribution is -0.385. The van der Waals surface area contributed by atoms with Crippen molar-refractivity contribution in [2.45, 2.75) is 6.61 Å². The maximum Gasteiger partial charge on any atom is 0.336 e. The van der Waals surface area contributed by atoms with Gasteiger partial charge in [0.15, 0.2) is 0 Å². The molecule has 2 aromatic carbocycles. The lowest BCUT2D eigenvalue weighted by Gasteiger charge is -2.09. The summed E-state index contributed by atoms with van der Waals surface area (Å²) in [5.41, 5.74) is -0.324. The van der Waals surface area contributed by atoms with Gasteiger partial charge in [0.05, 0.1) is 21.1 Å². The van der Waals surface area contributed by atoms with Gasteiger partial charge in [-0.25, -0.2) is 9.18 Å². The molecule has 1 aromatic heterocycles. The Morgan fingerprint density at radius 2 is 2.10 bits per heavy atom. The Kier molecular flexibility index (Phi) is 6.26. The van der Waals surface area contributed by atoms with Crippen LogP contribution in [-0.2, 0) is 11.4 Å². The zero-order chi connectivity index (χ0) is 21.0. The number of thiophene rings is 1. The van der Waals surface area contributed by atoms with E-state index < -0.39 is 22.3 Å². The second kappa shape index (κ2) is 8.85. The fourth-order valence-corrected chi connectivity index (χ4v) is 3.52. The minimum atomic E-state index is -1.48. The Labute approximate surface area is 173 Å². The molecule has 3 rings (SSSR count). The highest BCUT2D eigenvalue weighted by molar-refractivity contribution is 7.07. The summed E-state index contributed by atoms with van der Waals surface area (Å²) >= 11 is 7.48. The van der Waals surface area contributed by atoms with E-state index >= 15 is 0 Å². The maximum absolute atomic E-state index is 14.2. The first kappa shape index (κ1) is 20.5. The van der Waals surface area contributed by atoms with Gasteiger partial charge in [-0.1, -0.05) is 17.7 Å². The van der Waals surface area contributed by atoms with Crippen molar-refractivity contribution >= 4 is 46.2 Å². The third-order valence-corrected chi connectivity index (χ3v) is 4.99. The summed E-state index contributed by atoms with van der Waals surface area (Å²) in [5.74, 6) is -2.02. The van der Waals surface area contributed by atoms with Crippen LogP contribution in [-0.4, -0.2) is 16.0 Å². The van der Waals surface area contributed by atoms with E-state index in [-0.39, 0.29) is 28.4 Å². The number of hydrogen-bond donors (Lipinski definition) is 1. The van der Waals surface area contributed by atoms with Crippen LogP contribution in [0.1, 0.15) is 16.7 Å². The number of rotatable bonds is 7. The van der Waals surface area contributed by atoms with E-state index in [4.69, 9.17) is 16.3 Å². The SMILES string of the molecule is O=C(O)/C(=C/c1cc(OCc2ccsc2)ccc1[N+](=O)[O-])c1c(F)cccc1Cl. The van der Waals surface area contributed by atoms with Gasteiger partial charge >= 0.3 is 5.97 Å². The molecule has 0 saturated heterocycles. The molecule has 0 spiro atoms. The predicted octanol–water partition coefficient (Wildman–Crippen LogP) is 5.65. The first-order valence-corrected chi connectivity index (χ1v) is 9.50. The standard InChI is InChI=1S/C20H13ClFNO5S/c21-16-2-1-3-17(22)19(16)15(20(24)25)9-13-8-14(4-5-18(13)23(26)27)28-10-12-6-7-29-11-12/h1-9,11H,10H2,(H,24,25)/b15-9+. The topological polar surface area (TPSA) is 89.7 Å². The molecule has 1 heterocycles. The molecule has 6 nitrogen and oxygen atoms in total. The first-order valence-electron chi connectivity index (χ1n) is 8.18. The van der Waals surface area contributed by atoms with Crippen LogP contribution in [0.15, 0.2) is 53.2 Å². The van der Waals surface area contributed by atoms with Crippen molar-refractivity contribution in [3.05, 3.63) is 90.9 Å². The molecule has 0 unspecified atom stereocenters. The van der Waals surface area contributed by atoms with Gasteiger partial charge in [-0.15, -0.1) is 0 Å². The summed E-state index contributed by atoms with van der Waals surface area (Å²) in [6.45, 7) is 0.245. The number of aliphatic carboxylic acids is 1. The second-order valence-corrected chi connectivity index (χ2v) is 7.05. The zero-order valence-corrected chi connectivity index (χ0v) is 16.2. The molecule has 148 valence electrons. The van der Waals surface area contributed by atoms with Crippen molar-refractivity contribution in [1.82, 2.24) is 0 Å². The van der Waals surface area contributed by atoms with Crippen molar-refractivity contribution in [2.24, 2.45) is 0 Å². The van der Waals surface area contributed by atoms with Crippen LogP contribution in [0.3, 0.4) is 0 Å². The highest BCUT2D eigenvalue weighted by Crippen LogP contribution is 2.32. The highest BCUT2D eigenvalue weighted by Gasteiger charge is 2.21. The van der Waals surface area contributed by atoms with E-state index in [1.165, 1.54) is 41.7 Å². The van der Waals surface area contributed by atoms with E-state index in [0.29, 0.717) is 5.75 Å². The Hall–Kier alpha value is -3.23. The molecule has 0 fully saturated rings. The third kappa shape index (κ3) is 4.79. The lowest BCUT2D eigenvalue weighted by Crippen LogP contribution is -2.04. The third-order valence-electron chi connectivity index (χ3n) is 3.94. The van der Waals surface area contributed by atoms with Crippen LogP contribution < -0.4 is 4.74 Å². The number of carboxylic acids is 1. The van der Waals surface area contributed by atoms with Gasteiger partial charge in [-0.3, -0.25) is 10.1 Å². The van der Waals surface area contributed by atoms with E-state index in [1.807, 2.05) is 16.8 Å². The summed E-state index contributed by atoms with van der Waals surface area (Å²) in [6.07, 6.45) is 1.02. The molecule has 3 aromatic rings. The molecule has 29 heavy (non-hydrogen) atoms. The number of nitro groups is 1. The number of halogens is 2. The zero-order valence-electron chi connectivity index (χ0n) is 14.7. The van der Waals surface area contributed by atoms with E-state index in [0.717, 1.165) is 17.7 Å². The number of hydrogen-bond acceptors (Lipinski definition) is 5. The summed E-state index contributed by atoms with van der Waals surface area (Å²) in [6, 6.07) is 9.57. The second-order valence-electron chi connectivity index (χ2n) is 5.86. The lowest BCUT2D eigenvalue weighted by atomic mass is 10.0. The summed E-state index contributed by atoms with van der Waals surface area (Å²) < 4.78 is 19.9. The maximum atomic E-state index is 14.2. The number of benzene rings is 2. The number of nitrogens with zero attached hydrogens (tertiary/aromatic N) is 1. The summed E-state index contributed by atoms with van der Waals surface area (Å²) in [5, 5.41) is 24.6. The van der Waals surface area contributed by atoms with Crippen molar-refractivity contribution in [2.75, 3.05) is 0 Å². The number of carboxylic acid groups (broad SMARTS) is 1. The van der Waals surface area contributed by atoms with Crippen molar-refractivity contribution in [3.8, 4) is 5.75 Å². The van der Waals surface area contributed by atoms with Crippen LogP contribution in [0, 0.1) is 15.9 Å². The smallest absolute Gasteiger partial charge is 0.336 e. The fourth-order valence-electron chi connectivity index (χ4n) is 2.60. The van der Waals surface area contributed by atoms with Gasteiger partial charge in [-0.2, -0.15) is 11.3 Å². The summed E-state index contributed by atoms with van der Waals surface area (Å²) in [7, 11) is 0. The summed E-state index contributed by atoms with van der Waals surface area (Å²) in [4.78, 5) is 22.5. The molecule has 0 aliphatic carbocycles. The molecule has 0 bridgehead atoms. The Morgan fingerprint density at radius 3 is 2.72 bits per heavy atom. The largest absolute Gasteiger partial charge is 0.489 e. The molecule has 0 radical (unpaired) electrons. The van der Waals surface area contributed by atoms with Gasteiger partial charge in [-0.05, 0) is 52.7 Å². The van der Waals surface area contributed by atoms with E-state index in [2.05, 4.69) is 0 Å². The van der Waals surface area contributed by atoms with Crippen LogP contribution in [0.2, 0.25) is 5.02 Å². The minimum absolute atomic E-state index is 0.0467. The molecular weight excluding hydrogens is 421 g/mol. The molecule has 0 atom stereocenters. The number of nitro benzene ring substituents is 1. The Morgan fingerprint density at radius 1 is 1.31 bits per heavy atom. The quantitative estimate of drug-likeness (QED) is 0.225. The van der Waals surface area contributed by atoms with Crippen LogP contribution in [0.25, 0.3) is 11.6 Å². The predicted molar refractivity (Wildman–Crippen MR) is 109 cm³/mol. The number of carbonyl (C=O) groups is 1. The minimum Gasteiger partial charge on any atom is -0.489 e. The van der Waals surface area contributed by atoms with Crippen molar-refractivity contribution in [3.63, 3.8) is 0 Å². The van der Waals surface area contributed by atoms with E-state index in [9.17, 15) is 24.4 Å². The molecule has 9 heteroatoms. The normalized spacial score (nSPS) is 11.3. The first-order chi connectivity index (χ1) is 13.9. The molecule has 1 N–H and O–H groups in total. The van der Waals surface area contributed by atoms with Crippen LogP contribution >= 0.6 is 22.9 Å². The molecular formula is C20H13ClFNO5S. The highest BCUT2D eigenvalue weighted by atomic mass is 35.5. The van der Waals surface area contributed by atoms with Gasteiger partial charge in [0.2, 0.25) is 0 Å². The molecule has 0 aliphatic rings. The molecule has 0 saturated carbocycles. The molecule has 0 aliphatic heterocycles. The molecule has 0 amide bonds. The van der Waals surface area contributed by atoms with Gasteiger partial charge < -0.3 is 9.84 Å². The van der Waals surface area contributed by atoms with Crippen LogP contribution in [0.4, 0.5) is 10.1 Å². The van der Waals surface area contributed by atoms with E-state index in [1.54, 1.807) is 0 Å². The Bertz CT molecular complexity index is 1080. The monoisotopic (exact) mass is 433 g/mol. The average Bonchev–Trinajstić information content (AvgIpc) is 3.18. The fraction of sp³-hybridized carbons (Fsp3) is 0.0500. The van der Waals surface area contributed by atoms with Gasteiger partial charge in [0.1, 0.15) is 18.2 Å². The average molecular weight is 434 g/mol.